The molecule has 0 amide bonds. The Bertz CT molecular complexity index is 1000. The smallest absolute Gasteiger partial charge is 0.357 e. The van der Waals surface area contributed by atoms with Crippen LogP contribution < -0.4 is 0 Å². The number of ether oxygens (including phenoxy) is 1. The summed E-state index contributed by atoms with van der Waals surface area (Å²) in [5.41, 5.74) is 2.11. The van der Waals surface area contributed by atoms with Crippen molar-refractivity contribution < 1.29 is 9.53 Å². The first-order valence-corrected chi connectivity index (χ1v) is 9.05. The van der Waals surface area contributed by atoms with Crippen molar-refractivity contribution in [1.82, 2.24) is 19.6 Å². The zero-order valence-corrected chi connectivity index (χ0v) is 14.3. The molecule has 6 nitrogen and oxygen atoms in total. The van der Waals surface area contributed by atoms with E-state index in [-0.39, 0.29) is 0 Å². The fourth-order valence-corrected chi connectivity index (χ4v) is 3.90. The van der Waals surface area contributed by atoms with E-state index in [1.54, 1.807) is 16.8 Å². The third-order valence-corrected chi connectivity index (χ3v) is 5.00. The largest absolute Gasteiger partial charge is 0.461 e. The first kappa shape index (κ1) is 15.0. The van der Waals surface area contributed by atoms with Gasteiger partial charge in [0.25, 0.3) is 0 Å². The molecule has 0 bridgehead atoms. The lowest BCUT2D eigenvalue weighted by molar-refractivity contribution is 0.0520. The molecule has 3 heterocycles. The minimum absolute atomic E-state index is 0.319. The molecule has 0 aliphatic carbocycles. The fraction of sp³-hybridized carbons (Fsp3) is 0.125. The maximum Gasteiger partial charge on any atom is 0.357 e. The Balaban J connectivity index is 1.73. The van der Waals surface area contributed by atoms with Crippen LogP contribution in [0.3, 0.4) is 0 Å². The van der Waals surface area contributed by atoms with E-state index in [1.807, 2.05) is 35.7 Å². The van der Waals surface area contributed by atoms with E-state index in [9.17, 15) is 4.79 Å². The molecule has 0 aliphatic rings. The van der Waals surface area contributed by atoms with Gasteiger partial charge in [-0.05, 0) is 6.92 Å². The molecule has 4 aromatic rings. The standard InChI is InChI=1S/C16H12N4O2S2/c1-2-22-15(21)11-8-23-14(17-11)12-9-24-16-18-13(19-20(12)16)10-6-4-3-5-7-10/h3-9H,2H2,1H3. The molecular weight excluding hydrogens is 344 g/mol. The van der Waals surface area contributed by atoms with E-state index < -0.39 is 5.97 Å². The molecule has 120 valence electrons. The molecular formula is C16H12N4O2S2. The third kappa shape index (κ3) is 2.59. The van der Waals surface area contributed by atoms with Crippen LogP contribution in [0.25, 0.3) is 27.1 Å². The SMILES string of the molecule is CCOC(=O)c1csc(-c2csc3nc(-c4ccccc4)nn23)n1. The van der Waals surface area contributed by atoms with Gasteiger partial charge in [0.15, 0.2) is 11.5 Å². The second-order valence-electron chi connectivity index (χ2n) is 4.88. The van der Waals surface area contributed by atoms with Crippen LogP contribution in [-0.4, -0.2) is 32.2 Å². The van der Waals surface area contributed by atoms with Crippen molar-refractivity contribution in [3.05, 3.63) is 46.8 Å². The van der Waals surface area contributed by atoms with Gasteiger partial charge < -0.3 is 4.74 Å². The summed E-state index contributed by atoms with van der Waals surface area (Å²) in [6.07, 6.45) is 0. The Kier molecular flexibility index (Phi) is 3.83. The summed E-state index contributed by atoms with van der Waals surface area (Å²) in [6, 6.07) is 9.82. The summed E-state index contributed by atoms with van der Waals surface area (Å²) < 4.78 is 6.75. The van der Waals surface area contributed by atoms with Gasteiger partial charge in [0, 0.05) is 16.3 Å². The number of hydrogen-bond acceptors (Lipinski definition) is 7. The van der Waals surface area contributed by atoms with Gasteiger partial charge in [0.2, 0.25) is 4.96 Å². The Hall–Kier alpha value is -2.58. The lowest BCUT2D eigenvalue weighted by Gasteiger charge is -1.96. The van der Waals surface area contributed by atoms with E-state index in [1.165, 1.54) is 22.7 Å². The van der Waals surface area contributed by atoms with E-state index in [0.29, 0.717) is 23.1 Å². The molecule has 1 aromatic carbocycles. The average molecular weight is 356 g/mol. The fourth-order valence-electron chi connectivity index (χ4n) is 2.23. The molecule has 0 unspecified atom stereocenters. The molecule has 0 spiro atoms. The van der Waals surface area contributed by atoms with E-state index in [0.717, 1.165) is 16.2 Å². The van der Waals surface area contributed by atoms with Crippen molar-refractivity contribution in [3.8, 4) is 22.1 Å². The molecule has 24 heavy (non-hydrogen) atoms. The Morgan fingerprint density at radius 2 is 2.00 bits per heavy atom. The molecule has 0 fully saturated rings. The van der Waals surface area contributed by atoms with Crippen LogP contribution in [0.1, 0.15) is 17.4 Å². The van der Waals surface area contributed by atoms with Crippen molar-refractivity contribution in [2.45, 2.75) is 6.92 Å². The maximum atomic E-state index is 11.8. The first-order chi connectivity index (χ1) is 11.8. The first-order valence-electron chi connectivity index (χ1n) is 7.29. The second kappa shape index (κ2) is 6.14. The van der Waals surface area contributed by atoms with Gasteiger partial charge in [-0.25, -0.2) is 14.3 Å². The van der Waals surface area contributed by atoms with Crippen LogP contribution in [0.15, 0.2) is 41.1 Å². The highest BCUT2D eigenvalue weighted by Crippen LogP contribution is 2.29. The number of esters is 1. The summed E-state index contributed by atoms with van der Waals surface area (Å²) >= 11 is 2.88. The quantitative estimate of drug-likeness (QED) is 0.521. The molecule has 0 saturated heterocycles. The van der Waals surface area contributed by atoms with Crippen LogP contribution in [0.5, 0.6) is 0 Å². The number of carbonyl (C=O) groups excluding carboxylic acids is 1. The molecule has 4 rings (SSSR count). The van der Waals surface area contributed by atoms with Gasteiger partial charge in [-0.15, -0.1) is 27.8 Å². The van der Waals surface area contributed by atoms with Crippen LogP contribution in [0.4, 0.5) is 0 Å². The maximum absolute atomic E-state index is 11.8. The summed E-state index contributed by atoms with van der Waals surface area (Å²) in [6.45, 7) is 2.10. The Morgan fingerprint density at radius 1 is 1.17 bits per heavy atom. The number of thiazole rings is 2. The minimum Gasteiger partial charge on any atom is -0.461 e. The van der Waals surface area contributed by atoms with E-state index in [2.05, 4.69) is 15.1 Å². The van der Waals surface area contributed by atoms with Gasteiger partial charge in [-0.2, -0.15) is 4.98 Å². The van der Waals surface area contributed by atoms with Crippen molar-refractivity contribution in [2.75, 3.05) is 6.61 Å². The number of benzene rings is 1. The Morgan fingerprint density at radius 3 is 2.79 bits per heavy atom. The third-order valence-electron chi connectivity index (χ3n) is 3.32. The Labute approximate surface area is 145 Å². The van der Waals surface area contributed by atoms with Crippen molar-refractivity contribution >= 4 is 33.6 Å². The zero-order chi connectivity index (χ0) is 16.5. The van der Waals surface area contributed by atoms with Crippen molar-refractivity contribution in [2.24, 2.45) is 0 Å². The molecule has 8 heteroatoms. The second-order valence-corrected chi connectivity index (χ2v) is 6.57. The van der Waals surface area contributed by atoms with E-state index >= 15 is 0 Å². The van der Waals surface area contributed by atoms with Gasteiger partial charge in [-0.1, -0.05) is 30.3 Å². The van der Waals surface area contributed by atoms with Crippen molar-refractivity contribution in [3.63, 3.8) is 0 Å². The van der Waals surface area contributed by atoms with Gasteiger partial charge in [0.1, 0.15) is 10.7 Å². The number of hydrogen-bond donors (Lipinski definition) is 0. The van der Waals surface area contributed by atoms with Gasteiger partial charge in [0.05, 0.1) is 6.61 Å². The number of aromatic nitrogens is 4. The monoisotopic (exact) mass is 356 g/mol. The lowest BCUT2D eigenvalue weighted by atomic mass is 10.2. The highest BCUT2D eigenvalue weighted by Gasteiger charge is 2.17. The van der Waals surface area contributed by atoms with E-state index in [4.69, 9.17) is 4.74 Å². The number of carbonyl (C=O) groups is 1. The average Bonchev–Trinajstić information content (AvgIpc) is 3.31. The summed E-state index contributed by atoms with van der Waals surface area (Å²) in [5, 5.41) is 8.94. The molecule has 0 N–H and O–H groups in total. The van der Waals surface area contributed by atoms with Crippen LogP contribution in [-0.2, 0) is 4.74 Å². The molecule has 0 aliphatic heterocycles. The highest BCUT2D eigenvalue weighted by atomic mass is 32.1. The number of fused-ring (bicyclic) bond motifs is 1. The van der Waals surface area contributed by atoms with Crippen LogP contribution in [0, 0.1) is 0 Å². The minimum atomic E-state index is -0.407. The van der Waals surface area contributed by atoms with Crippen molar-refractivity contribution in [1.29, 1.82) is 0 Å². The van der Waals surface area contributed by atoms with Gasteiger partial charge in [-0.3, -0.25) is 0 Å². The van der Waals surface area contributed by atoms with Crippen LogP contribution >= 0.6 is 22.7 Å². The highest BCUT2D eigenvalue weighted by molar-refractivity contribution is 7.16. The number of nitrogens with zero attached hydrogens (tertiary/aromatic N) is 4. The van der Waals surface area contributed by atoms with Crippen LogP contribution in [0.2, 0.25) is 0 Å². The zero-order valence-electron chi connectivity index (χ0n) is 12.7. The summed E-state index contributed by atoms with van der Waals surface area (Å²) in [5.74, 6) is 0.265. The molecule has 0 radical (unpaired) electrons. The summed E-state index contributed by atoms with van der Waals surface area (Å²) in [4.78, 5) is 21.5. The number of rotatable bonds is 4. The molecule has 0 atom stereocenters. The summed E-state index contributed by atoms with van der Waals surface area (Å²) in [7, 11) is 0. The molecule has 0 saturated carbocycles. The molecule has 3 aromatic heterocycles. The predicted octanol–water partition coefficient (Wildman–Crippen LogP) is 3.76. The lowest BCUT2D eigenvalue weighted by Crippen LogP contribution is -2.04. The van der Waals surface area contributed by atoms with Gasteiger partial charge >= 0.3 is 5.97 Å². The topological polar surface area (TPSA) is 69.4 Å². The normalized spacial score (nSPS) is 11.0. The predicted molar refractivity (Wildman–Crippen MR) is 93.4 cm³/mol.